The lowest BCUT2D eigenvalue weighted by molar-refractivity contribution is -0.0517. The molecule has 33 heavy (non-hydrogen) atoms. The van der Waals surface area contributed by atoms with Gasteiger partial charge in [0.2, 0.25) is 4.90 Å². The third-order valence-corrected chi connectivity index (χ3v) is 7.21. The first-order chi connectivity index (χ1) is 15.4. The van der Waals surface area contributed by atoms with E-state index in [1.807, 2.05) is 12.1 Å². The summed E-state index contributed by atoms with van der Waals surface area (Å²) in [6, 6.07) is 23.5. The van der Waals surface area contributed by atoms with E-state index >= 15 is 0 Å². The molecule has 0 aliphatic carbocycles. The number of aryl methyl sites for hydroxylation is 2. The molecule has 5 nitrogen and oxygen atoms in total. The van der Waals surface area contributed by atoms with Crippen LogP contribution in [0.25, 0.3) is 0 Å². The normalized spacial score (nSPS) is 12.4. The van der Waals surface area contributed by atoms with Crippen LogP contribution in [0.4, 0.5) is 13.2 Å². The molecule has 0 saturated carbocycles. The zero-order valence-corrected chi connectivity index (χ0v) is 20.0. The van der Waals surface area contributed by atoms with Crippen LogP contribution in [0.2, 0.25) is 0 Å². The van der Waals surface area contributed by atoms with Gasteiger partial charge in [-0.1, -0.05) is 23.8 Å². The Morgan fingerprint density at radius 3 is 1.67 bits per heavy atom. The Morgan fingerprint density at radius 1 is 0.788 bits per heavy atom. The predicted octanol–water partition coefficient (Wildman–Crippen LogP) is 5.47. The van der Waals surface area contributed by atoms with Crippen molar-refractivity contribution in [2.24, 2.45) is 0 Å². The van der Waals surface area contributed by atoms with Crippen molar-refractivity contribution in [1.82, 2.24) is 0 Å². The second-order valence-electron chi connectivity index (χ2n) is 6.85. The molecular formula is C23H23F3O5S2. The zero-order valence-electron chi connectivity index (χ0n) is 18.3. The van der Waals surface area contributed by atoms with Crippen LogP contribution >= 0.6 is 0 Å². The molecule has 0 aromatic heterocycles. The summed E-state index contributed by atoms with van der Waals surface area (Å²) >= 11 is 0. The van der Waals surface area contributed by atoms with Gasteiger partial charge in [0.1, 0.15) is 16.6 Å². The van der Waals surface area contributed by atoms with Gasteiger partial charge in [0.15, 0.2) is 25.7 Å². The molecule has 0 radical (unpaired) electrons. The molecule has 178 valence electrons. The van der Waals surface area contributed by atoms with Gasteiger partial charge in [0.25, 0.3) is 0 Å². The van der Waals surface area contributed by atoms with Crippen LogP contribution in [0.5, 0.6) is 11.5 Å². The maximum absolute atomic E-state index is 10.7. The minimum absolute atomic E-state index is 0.233. The smallest absolute Gasteiger partial charge is 0.485 e. The van der Waals surface area contributed by atoms with E-state index in [0.29, 0.717) is 0 Å². The molecule has 3 aromatic rings. The summed E-state index contributed by atoms with van der Waals surface area (Å²) in [5.41, 5.74) is -3.19. The van der Waals surface area contributed by atoms with Crippen molar-refractivity contribution in [3.05, 3.63) is 77.9 Å². The van der Waals surface area contributed by atoms with Gasteiger partial charge in [-0.3, -0.25) is 0 Å². The Morgan fingerprint density at radius 2 is 1.24 bits per heavy atom. The van der Waals surface area contributed by atoms with Crippen molar-refractivity contribution in [1.29, 1.82) is 0 Å². The number of hydrogen-bond acceptors (Lipinski definition) is 5. The van der Waals surface area contributed by atoms with E-state index < -0.39 is 15.6 Å². The summed E-state index contributed by atoms with van der Waals surface area (Å²) in [5, 5.41) is 0. The van der Waals surface area contributed by atoms with Gasteiger partial charge >= 0.3 is 5.51 Å². The number of methoxy groups -OCH3 is 2. The molecule has 0 spiro atoms. The van der Waals surface area contributed by atoms with Crippen LogP contribution < -0.4 is 9.47 Å². The maximum atomic E-state index is 10.7. The van der Waals surface area contributed by atoms with Gasteiger partial charge < -0.3 is 14.0 Å². The van der Waals surface area contributed by atoms with E-state index in [1.54, 1.807) is 14.2 Å². The highest BCUT2D eigenvalue weighted by atomic mass is 32.2. The van der Waals surface area contributed by atoms with Gasteiger partial charge in [0, 0.05) is 0 Å². The van der Waals surface area contributed by atoms with Gasteiger partial charge in [-0.2, -0.15) is 13.2 Å². The lowest BCUT2D eigenvalue weighted by Crippen LogP contribution is -2.21. The summed E-state index contributed by atoms with van der Waals surface area (Å²) in [6.07, 6.45) is 0. The molecule has 10 heteroatoms. The molecule has 1 atom stereocenters. The lowest BCUT2D eigenvalue weighted by atomic mass is 10.2. The number of benzene rings is 3. The summed E-state index contributed by atoms with van der Waals surface area (Å²) < 4.78 is 69.9. The van der Waals surface area contributed by atoms with Crippen molar-refractivity contribution in [2.75, 3.05) is 14.2 Å². The van der Waals surface area contributed by atoms with Crippen molar-refractivity contribution < 1.29 is 35.6 Å². The van der Waals surface area contributed by atoms with E-state index in [-0.39, 0.29) is 10.9 Å². The third-order valence-electron chi connectivity index (χ3n) is 4.37. The summed E-state index contributed by atoms with van der Waals surface area (Å²) in [7, 11) is -2.89. The number of halogens is 3. The molecule has 0 saturated heterocycles. The predicted molar refractivity (Wildman–Crippen MR) is 120 cm³/mol. The summed E-state index contributed by atoms with van der Waals surface area (Å²) in [4.78, 5) is 3.71. The molecule has 0 heterocycles. The average molecular weight is 501 g/mol. The van der Waals surface area contributed by atoms with Gasteiger partial charge in [0.05, 0.1) is 14.2 Å². The van der Waals surface area contributed by atoms with Crippen LogP contribution in [0.3, 0.4) is 0 Å². The van der Waals surface area contributed by atoms with Gasteiger partial charge in [-0.25, -0.2) is 8.42 Å². The topological polar surface area (TPSA) is 75.7 Å². The zero-order chi connectivity index (χ0) is 24.8. The van der Waals surface area contributed by atoms with E-state index in [2.05, 4.69) is 68.4 Å². The fourth-order valence-corrected chi connectivity index (χ4v) is 4.86. The molecule has 1 unspecified atom stereocenters. The van der Waals surface area contributed by atoms with E-state index in [1.165, 1.54) is 25.8 Å². The molecule has 0 fully saturated rings. The quantitative estimate of drug-likeness (QED) is 0.264. The summed E-state index contributed by atoms with van der Waals surface area (Å²) in [5.74, 6) is 1.80. The Kier molecular flexibility index (Phi) is 8.82. The van der Waals surface area contributed by atoms with E-state index in [4.69, 9.17) is 22.4 Å². The molecule has 0 N–H and O–H groups in total. The van der Waals surface area contributed by atoms with Crippen LogP contribution in [0.1, 0.15) is 11.1 Å². The Balaban J connectivity index is 0.000000414. The van der Waals surface area contributed by atoms with Crippen molar-refractivity contribution >= 4 is 21.0 Å². The highest BCUT2D eigenvalue weighted by Crippen LogP contribution is 2.37. The third kappa shape index (κ3) is 7.15. The van der Waals surface area contributed by atoms with E-state index in [9.17, 15) is 13.2 Å². The highest BCUT2D eigenvalue weighted by molar-refractivity contribution is 7.97. The van der Waals surface area contributed by atoms with Crippen LogP contribution in [0.15, 0.2) is 81.4 Å². The highest BCUT2D eigenvalue weighted by Gasteiger charge is 2.37. The lowest BCUT2D eigenvalue weighted by Gasteiger charge is -2.12. The minimum atomic E-state index is -6.09. The Labute approximate surface area is 194 Å². The summed E-state index contributed by atoms with van der Waals surface area (Å²) in [6.45, 7) is 4.20. The monoisotopic (exact) mass is 500 g/mol. The van der Waals surface area contributed by atoms with Crippen LogP contribution in [0, 0.1) is 13.8 Å². The largest absolute Gasteiger partial charge is 0.741 e. The first-order valence-corrected chi connectivity index (χ1v) is 12.1. The van der Waals surface area contributed by atoms with Crippen molar-refractivity contribution in [3.8, 4) is 11.5 Å². The van der Waals surface area contributed by atoms with Crippen LogP contribution in [-0.4, -0.2) is 32.7 Å². The first-order valence-electron chi connectivity index (χ1n) is 9.49. The van der Waals surface area contributed by atoms with Gasteiger partial charge in [-0.05, 0) is 67.9 Å². The minimum Gasteiger partial charge on any atom is -0.741 e. The molecule has 0 bridgehead atoms. The Bertz CT molecular complexity index is 1160. The molecular weight excluding hydrogens is 477 g/mol. The second-order valence-corrected chi connectivity index (χ2v) is 10.2. The van der Waals surface area contributed by atoms with Gasteiger partial charge in [-0.15, -0.1) is 0 Å². The average Bonchev–Trinajstić information content (AvgIpc) is 2.75. The van der Waals surface area contributed by atoms with Crippen molar-refractivity contribution in [2.45, 2.75) is 34.0 Å². The molecule has 0 amide bonds. The number of rotatable bonds is 5. The number of alkyl halides is 3. The Hall–Kier alpha value is -2.69. The fourth-order valence-electron chi connectivity index (χ4n) is 2.72. The number of hydrogen-bond donors (Lipinski definition) is 0. The maximum Gasteiger partial charge on any atom is 0.485 e. The van der Waals surface area contributed by atoms with Crippen molar-refractivity contribution in [3.63, 3.8) is 0 Å². The van der Waals surface area contributed by atoms with E-state index in [0.717, 1.165) is 11.5 Å². The molecule has 0 aliphatic rings. The van der Waals surface area contributed by atoms with Crippen LogP contribution in [-0.2, 0) is 21.0 Å². The molecule has 3 aromatic carbocycles. The second kappa shape index (κ2) is 11.0. The standard InChI is InChI=1S/C22H23O2S.CHF3O3S/c1-16-5-10-19(11-6-16)25(20-12-8-18(23-3)9-13-20)22-14-7-17(2)15-21(22)24-4;2-1(3,4)8(5,6)7/h5-15H,1-4H3;(H,5,6,7)/q+1;/p-1. The first kappa shape index (κ1) is 26.6. The molecule has 0 aliphatic heterocycles. The number of ether oxygens (including phenoxy) is 2. The molecule has 3 rings (SSSR count). The SMILES string of the molecule is COc1ccc([S+](c2ccc(C)cc2)c2ccc(C)cc2OC)cc1.O=S(=O)([O-])C(F)(F)F. The fraction of sp³-hybridized carbons (Fsp3) is 0.217.